The number of halogens is 2. The molecule has 1 amide bonds. The summed E-state index contributed by atoms with van der Waals surface area (Å²) in [5.74, 6) is 0.466. The van der Waals surface area contributed by atoms with Crippen molar-refractivity contribution >= 4 is 28.8 Å². The van der Waals surface area contributed by atoms with Crippen LogP contribution in [0.2, 0.25) is 5.02 Å². The molecule has 1 aliphatic heterocycles. The van der Waals surface area contributed by atoms with E-state index in [2.05, 4.69) is 16.8 Å². The summed E-state index contributed by atoms with van der Waals surface area (Å²) >= 11 is 7.55. The van der Waals surface area contributed by atoms with Gasteiger partial charge in [0.05, 0.1) is 6.54 Å². The van der Waals surface area contributed by atoms with E-state index in [0.29, 0.717) is 36.3 Å². The molecule has 0 unspecified atom stereocenters. The third kappa shape index (κ3) is 6.15. The zero-order valence-corrected chi connectivity index (χ0v) is 19.7. The van der Waals surface area contributed by atoms with Crippen LogP contribution < -0.4 is 0 Å². The zero-order valence-electron chi connectivity index (χ0n) is 18.1. The SMILES string of the molecule is CC1CCN(C(=O)c2csc(CN(Cc3ccc(F)cc3)Cc3ccc(Cl)cc3)n2)CC1. The Morgan fingerprint density at radius 2 is 1.66 bits per heavy atom. The number of piperidine rings is 1. The fourth-order valence-electron chi connectivity index (χ4n) is 3.91. The summed E-state index contributed by atoms with van der Waals surface area (Å²) in [6, 6.07) is 14.4. The van der Waals surface area contributed by atoms with E-state index in [1.54, 1.807) is 12.1 Å². The number of rotatable bonds is 7. The van der Waals surface area contributed by atoms with Crippen molar-refractivity contribution in [2.45, 2.75) is 39.4 Å². The average Bonchev–Trinajstić information content (AvgIpc) is 3.25. The average molecular weight is 472 g/mol. The van der Waals surface area contributed by atoms with Crippen LogP contribution >= 0.6 is 22.9 Å². The summed E-state index contributed by atoms with van der Waals surface area (Å²) in [5, 5.41) is 3.47. The van der Waals surface area contributed by atoms with Crippen LogP contribution in [0.5, 0.6) is 0 Å². The van der Waals surface area contributed by atoms with Gasteiger partial charge in [-0.3, -0.25) is 9.69 Å². The van der Waals surface area contributed by atoms with Crippen LogP contribution in [0, 0.1) is 11.7 Å². The van der Waals surface area contributed by atoms with Crippen molar-refractivity contribution < 1.29 is 9.18 Å². The molecule has 1 saturated heterocycles. The Bertz CT molecular complexity index is 983. The molecule has 0 spiro atoms. The summed E-state index contributed by atoms with van der Waals surface area (Å²) in [6.07, 6.45) is 2.10. The normalized spacial score (nSPS) is 14.8. The smallest absolute Gasteiger partial charge is 0.273 e. The Labute approximate surface area is 197 Å². The molecule has 1 aromatic heterocycles. The summed E-state index contributed by atoms with van der Waals surface area (Å²) in [7, 11) is 0. The Kier molecular flexibility index (Phi) is 7.55. The summed E-state index contributed by atoms with van der Waals surface area (Å²) < 4.78 is 13.3. The quantitative estimate of drug-likeness (QED) is 0.423. The lowest BCUT2D eigenvalue weighted by Gasteiger charge is -2.29. The third-order valence-corrected chi connectivity index (χ3v) is 6.93. The summed E-state index contributed by atoms with van der Waals surface area (Å²) in [6.45, 7) is 5.80. The Balaban J connectivity index is 1.46. The highest BCUT2D eigenvalue weighted by molar-refractivity contribution is 7.09. The molecule has 1 fully saturated rings. The number of hydrogen-bond acceptors (Lipinski definition) is 4. The Morgan fingerprint density at radius 3 is 2.28 bits per heavy atom. The van der Waals surface area contributed by atoms with Gasteiger partial charge >= 0.3 is 0 Å². The molecule has 0 aliphatic carbocycles. The molecule has 0 radical (unpaired) electrons. The van der Waals surface area contributed by atoms with Gasteiger partial charge in [-0.05, 0) is 54.2 Å². The highest BCUT2D eigenvalue weighted by atomic mass is 35.5. The van der Waals surface area contributed by atoms with Crippen molar-refractivity contribution in [2.24, 2.45) is 5.92 Å². The predicted octanol–water partition coefficient (Wildman–Crippen LogP) is 6.01. The first-order chi connectivity index (χ1) is 15.5. The van der Waals surface area contributed by atoms with Gasteiger partial charge in [0.25, 0.3) is 5.91 Å². The molecule has 4 nitrogen and oxygen atoms in total. The lowest BCUT2D eigenvalue weighted by molar-refractivity contribution is 0.0691. The molecular weight excluding hydrogens is 445 g/mol. The number of likely N-dealkylation sites (tertiary alicyclic amines) is 1. The number of aromatic nitrogens is 1. The second kappa shape index (κ2) is 10.6. The van der Waals surface area contributed by atoms with Crippen LogP contribution in [0.3, 0.4) is 0 Å². The molecule has 4 rings (SSSR count). The van der Waals surface area contributed by atoms with Gasteiger partial charge in [-0.25, -0.2) is 9.37 Å². The topological polar surface area (TPSA) is 36.4 Å². The number of nitrogens with zero attached hydrogens (tertiary/aromatic N) is 3. The maximum Gasteiger partial charge on any atom is 0.273 e. The second-order valence-corrected chi connectivity index (χ2v) is 9.88. The minimum Gasteiger partial charge on any atom is -0.337 e. The largest absolute Gasteiger partial charge is 0.337 e. The van der Waals surface area contributed by atoms with Crippen molar-refractivity contribution in [1.82, 2.24) is 14.8 Å². The molecule has 0 bridgehead atoms. The van der Waals surface area contributed by atoms with Crippen molar-refractivity contribution in [3.63, 3.8) is 0 Å². The lowest BCUT2D eigenvalue weighted by atomic mass is 9.99. The Hall–Kier alpha value is -2.28. The van der Waals surface area contributed by atoms with Gasteiger partial charge in [0.1, 0.15) is 16.5 Å². The van der Waals surface area contributed by atoms with E-state index in [4.69, 9.17) is 11.6 Å². The van der Waals surface area contributed by atoms with Crippen LogP contribution in [0.15, 0.2) is 53.9 Å². The molecule has 7 heteroatoms. The first-order valence-corrected chi connectivity index (χ1v) is 12.2. The summed E-state index contributed by atoms with van der Waals surface area (Å²) in [4.78, 5) is 21.7. The van der Waals surface area contributed by atoms with E-state index >= 15 is 0 Å². The van der Waals surface area contributed by atoms with E-state index in [-0.39, 0.29) is 11.7 Å². The highest BCUT2D eigenvalue weighted by Gasteiger charge is 2.23. The maximum absolute atomic E-state index is 13.3. The van der Waals surface area contributed by atoms with Gasteiger partial charge in [0.15, 0.2) is 0 Å². The van der Waals surface area contributed by atoms with Gasteiger partial charge in [-0.1, -0.05) is 42.8 Å². The predicted molar refractivity (Wildman–Crippen MR) is 127 cm³/mol. The molecule has 168 valence electrons. The standard InChI is InChI=1S/C25H27ClFN3OS/c1-18-10-12-30(13-11-18)25(31)23-17-32-24(28-23)16-29(14-19-2-6-21(26)7-3-19)15-20-4-8-22(27)9-5-20/h2-9,17-18H,10-16H2,1H3. The van der Waals surface area contributed by atoms with E-state index in [1.807, 2.05) is 34.5 Å². The van der Waals surface area contributed by atoms with Crippen molar-refractivity contribution in [2.75, 3.05) is 13.1 Å². The van der Waals surface area contributed by atoms with Crippen LogP contribution in [0.25, 0.3) is 0 Å². The van der Waals surface area contributed by atoms with Crippen LogP contribution in [-0.2, 0) is 19.6 Å². The second-order valence-electron chi connectivity index (χ2n) is 8.50. The number of thiazole rings is 1. The minimum absolute atomic E-state index is 0.0298. The maximum atomic E-state index is 13.3. The lowest BCUT2D eigenvalue weighted by Crippen LogP contribution is -2.38. The van der Waals surface area contributed by atoms with Gasteiger partial charge in [0.2, 0.25) is 0 Å². The summed E-state index contributed by atoms with van der Waals surface area (Å²) in [5.41, 5.74) is 2.69. The van der Waals surface area contributed by atoms with Crippen LogP contribution in [-0.4, -0.2) is 33.8 Å². The molecule has 3 aromatic rings. The van der Waals surface area contributed by atoms with Gasteiger partial charge < -0.3 is 4.90 Å². The number of amides is 1. The van der Waals surface area contributed by atoms with E-state index in [0.717, 1.165) is 42.1 Å². The number of carbonyl (C=O) groups excluding carboxylic acids is 1. The van der Waals surface area contributed by atoms with Gasteiger partial charge in [-0.15, -0.1) is 11.3 Å². The highest BCUT2D eigenvalue weighted by Crippen LogP contribution is 2.21. The van der Waals surface area contributed by atoms with Gasteiger partial charge in [0, 0.05) is 36.6 Å². The first-order valence-electron chi connectivity index (χ1n) is 10.9. The van der Waals surface area contributed by atoms with E-state index in [1.165, 1.54) is 23.5 Å². The molecule has 2 aromatic carbocycles. The molecule has 0 saturated carbocycles. The fourth-order valence-corrected chi connectivity index (χ4v) is 4.85. The zero-order chi connectivity index (χ0) is 22.5. The molecule has 1 aliphatic rings. The van der Waals surface area contributed by atoms with Crippen molar-refractivity contribution in [3.8, 4) is 0 Å². The van der Waals surface area contributed by atoms with Crippen LogP contribution in [0.1, 0.15) is 46.4 Å². The van der Waals surface area contributed by atoms with Crippen LogP contribution in [0.4, 0.5) is 4.39 Å². The first kappa shape index (κ1) is 22.9. The third-order valence-electron chi connectivity index (χ3n) is 5.84. The number of hydrogen-bond donors (Lipinski definition) is 0. The van der Waals surface area contributed by atoms with Crippen molar-refractivity contribution in [3.05, 3.63) is 86.6 Å². The minimum atomic E-state index is -0.242. The van der Waals surface area contributed by atoms with E-state index < -0.39 is 0 Å². The number of benzene rings is 2. The monoisotopic (exact) mass is 471 g/mol. The molecule has 0 N–H and O–H groups in total. The molecule has 0 atom stereocenters. The fraction of sp³-hybridized carbons (Fsp3) is 0.360. The molecule has 2 heterocycles. The Morgan fingerprint density at radius 1 is 1.06 bits per heavy atom. The molecular formula is C25H27ClFN3OS. The van der Waals surface area contributed by atoms with E-state index in [9.17, 15) is 9.18 Å². The number of carbonyl (C=O) groups is 1. The molecule has 32 heavy (non-hydrogen) atoms. The van der Waals surface area contributed by atoms with Gasteiger partial charge in [-0.2, -0.15) is 0 Å². The van der Waals surface area contributed by atoms with Crippen molar-refractivity contribution in [1.29, 1.82) is 0 Å².